The molecule has 1 amide bonds. The summed E-state index contributed by atoms with van der Waals surface area (Å²) in [5.74, 6) is 0.440. The molecular formula is C18H27N5O2. The Morgan fingerprint density at radius 3 is 2.56 bits per heavy atom. The molecule has 0 unspecified atom stereocenters. The van der Waals surface area contributed by atoms with Crippen molar-refractivity contribution in [2.24, 2.45) is 5.92 Å². The average molecular weight is 345 g/mol. The minimum absolute atomic E-state index is 0.0952. The molecule has 25 heavy (non-hydrogen) atoms. The minimum atomic E-state index is -0.0952. The van der Waals surface area contributed by atoms with Crippen molar-refractivity contribution < 1.29 is 4.79 Å². The molecule has 0 aromatic carbocycles. The van der Waals surface area contributed by atoms with Crippen molar-refractivity contribution in [1.29, 1.82) is 0 Å². The standard InChI is InChI=1S/C18H27N5O2/c1-3-21(4-2)17(24)15-8-11-20(12-9-15)13-14-23-18(25)22-10-6-5-7-16(22)19-23/h5-7,10,15H,3-4,8-9,11-14H2,1-2H3. The monoisotopic (exact) mass is 345 g/mol. The van der Waals surface area contributed by atoms with Crippen LogP contribution in [0.3, 0.4) is 0 Å². The highest BCUT2D eigenvalue weighted by Gasteiger charge is 2.27. The maximum Gasteiger partial charge on any atom is 0.350 e. The highest BCUT2D eigenvalue weighted by molar-refractivity contribution is 5.78. The zero-order valence-electron chi connectivity index (χ0n) is 15.1. The van der Waals surface area contributed by atoms with Crippen LogP contribution in [0, 0.1) is 5.92 Å². The second-order valence-corrected chi connectivity index (χ2v) is 6.56. The zero-order valence-corrected chi connectivity index (χ0v) is 15.1. The quantitative estimate of drug-likeness (QED) is 0.786. The van der Waals surface area contributed by atoms with Crippen LogP contribution in [-0.2, 0) is 11.3 Å². The van der Waals surface area contributed by atoms with Crippen LogP contribution in [0.5, 0.6) is 0 Å². The van der Waals surface area contributed by atoms with Crippen molar-refractivity contribution >= 4 is 11.6 Å². The van der Waals surface area contributed by atoms with E-state index in [1.165, 1.54) is 4.68 Å². The molecule has 2 aromatic heterocycles. The topological polar surface area (TPSA) is 62.9 Å². The number of aromatic nitrogens is 3. The number of carbonyl (C=O) groups excluding carboxylic acids is 1. The van der Waals surface area contributed by atoms with Crippen LogP contribution < -0.4 is 5.69 Å². The number of likely N-dealkylation sites (tertiary alicyclic amines) is 1. The van der Waals surface area contributed by atoms with Crippen LogP contribution in [0.2, 0.25) is 0 Å². The minimum Gasteiger partial charge on any atom is -0.343 e. The van der Waals surface area contributed by atoms with Crippen molar-refractivity contribution in [2.75, 3.05) is 32.7 Å². The van der Waals surface area contributed by atoms with Crippen LogP contribution in [0.25, 0.3) is 5.65 Å². The van der Waals surface area contributed by atoms with Crippen molar-refractivity contribution in [1.82, 2.24) is 24.0 Å². The Balaban J connectivity index is 1.53. The van der Waals surface area contributed by atoms with Gasteiger partial charge in [0, 0.05) is 31.7 Å². The third-order valence-electron chi connectivity index (χ3n) is 5.13. The van der Waals surface area contributed by atoms with Gasteiger partial charge in [0.1, 0.15) is 0 Å². The maximum absolute atomic E-state index is 12.4. The van der Waals surface area contributed by atoms with E-state index in [1.807, 2.05) is 36.9 Å². The van der Waals surface area contributed by atoms with Crippen molar-refractivity contribution in [2.45, 2.75) is 33.2 Å². The van der Waals surface area contributed by atoms with E-state index in [4.69, 9.17) is 0 Å². The summed E-state index contributed by atoms with van der Waals surface area (Å²) < 4.78 is 3.09. The molecule has 0 atom stereocenters. The summed E-state index contributed by atoms with van der Waals surface area (Å²) in [7, 11) is 0. The van der Waals surface area contributed by atoms with Crippen LogP contribution >= 0.6 is 0 Å². The number of piperidine rings is 1. The number of hydrogen-bond acceptors (Lipinski definition) is 4. The molecule has 1 aliphatic rings. The summed E-state index contributed by atoms with van der Waals surface area (Å²) in [4.78, 5) is 29.0. The normalized spacial score (nSPS) is 16.4. The molecule has 0 spiro atoms. The van der Waals surface area contributed by atoms with Crippen molar-refractivity contribution in [3.63, 3.8) is 0 Å². The molecule has 0 radical (unpaired) electrons. The first-order valence-electron chi connectivity index (χ1n) is 9.19. The number of hydrogen-bond donors (Lipinski definition) is 0. The predicted octanol–water partition coefficient (Wildman–Crippen LogP) is 1.08. The van der Waals surface area contributed by atoms with Gasteiger partial charge in [0.2, 0.25) is 5.91 Å². The van der Waals surface area contributed by atoms with Gasteiger partial charge in [-0.05, 0) is 51.9 Å². The number of rotatable bonds is 6. The SMILES string of the molecule is CCN(CC)C(=O)C1CCN(CCn2nc3ccccn3c2=O)CC1. The summed E-state index contributed by atoms with van der Waals surface area (Å²) in [6.07, 6.45) is 3.54. The fourth-order valence-corrected chi connectivity index (χ4v) is 3.55. The second kappa shape index (κ2) is 7.82. The average Bonchev–Trinajstić information content (AvgIpc) is 2.97. The van der Waals surface area contributed by atoms with E-state index in [2.05, 4.69) is 10.00 Å². The molecule has 7 heteroatoms. The molecule has 0 N–H and O–H groups in total. The molecule has 1 aliphatic heterocycles. The van der Waals surface area contributed by atoms with E-state index in [9.17, 15) is 9.59 Å². The highest BCUT2D eigenvalue weighted by Crippen LogP contribution is 2.19. The molecule has 2 aromatic rings. The van der Waals surface area contributed by atoms with E-state index >= 15 is 0 Å². The van der Waals surface area contributed by atoms with Gasteiger partial charge in [-0.2, -0.15) is 0 Å². The summed E-state index contributed by atoms with van der Waals surface area (Å²) in [6, 6.07) is 5.55. The first kappa shape index (κ1) is 17.7. The van der Waals surface area contributed by atoms with Gasteiger partial charge in [0.05, 0.1) is 6.54 Å². The fraction of sp³-hybridized carbons (Fsp3) is 0.611. The summed E-state index contributed by atoms with van der Waals surface area (Å²) >= 11 is 0. The molecule has 3 rings (SSSR count). The first-order chi connectivity index (χ1) is 12.1. The summed E-state index contributed by atoms with van der Waals surface area (Å²) in [6.45, 7) is 8.80. The van der Waals surface area contributed by atoms with E-state index in [-0.39, 0.29) is 11.6 Å². The molecule has 136 valence electrons. The van der Waals surface area contributed by atoms with Gasteiger partial charge < -0.3 is 9.80 Å². The molecule has 0 bridgehead atoms. The van der Waals surface area contributed by atoms with Gasteiger partial charge in [-0.1, -0.05) is 6.07 Å². The van der Waals surface area contributed by atoms with Crippen LogP contribution in [0.1, 0.15) is 26.7 Å². The van der Waals surface area contributed by atoms with Crippen LogP contribution in [0.15, 0.2) is 29.2 Å². The third kappa shape index (κ3) is 3.76. The van der Waals surface area contributed by atoms with Crippen LogP contribution in [-0.4, -0.2) is 62.6 Å². The molecular weight excluding hydrogens is 318 g/mol. The molecule has 0 saturated carbocycles. The second-order valence-electron chi connectivity index (χ2n) is 6.56. The Hall–Kier alpha value is -2.15. The molecule has 1 fully saturated rings. The largest absolute Gasteiger partial charge is 0.350 e. The molecule has 3 heterocycles. The van der Waals surface area contributed by atoms with E-state index < -0.39 is 0 Å². The Morgan fingerprint density at radius 2 is 1.92 bits per heavy atom. The molecule has 1 saturated heterocycles. The van der Waals surface area contributed by atoms with E-state index in [1.54, 1.807) is 10.6 Å². The smallest absolute Gasteiger partial charge is 0.343 e. The van der Waals surface area contributed by atoms with Gasteiger partial charge >= 0.3 is 5.69 Å². The molecule has 0 aliphatic carbocycles. The number of carbonyl (C=O) groups is 1. The zero-order chi connectivity index (χ0) is 17.8. The maximum atomic E-state index is 12.4. The third-order valence-corrected chi connectivity index (χ3v) is 5.13. The lowest BCUT2D eigenvalue weighted by atomic mass is 9.95. The number of amides is 1. The Labute approximate surface area is 147 Å². The van der Waals surface area contributed by atoms with Crippen LogP contribution in [0.4, 0.5) is 0 Å². The number of fused-ring (bicyclic) bond motifs is 1. The fourth-order valence-electron chi connectivity index (χ4n) is 3.55. The summed E-state index contributed by atoms with van der Waals surface area (Å²) in [5.41, 5.74) is 0.582. The van der Waals surface area contributed by atoms with Gasteiger partial charge in [-0.15, -0.1) is 5.10 Å². The lowest BCUT2D eigenvalue weighted by Crippen LogP contribution is -2.43. The highest BCUT2D eigenvalue weighted by atomic mass is 16.2. The Morgan fingerprint density at radius 1 is 1.20 bits per heavy atom. The van der Waals surface area contributed by atoms with Gasteiger partial charge in [0.15, 0.2) is 5.65 Å². The first-order valence-corrected chi connectivity index (χ1v) is 9.19. The lowest BCUT2D eigenvalue weighted by Gasteiger charge is -2.33. The lowest BCUT2D eigenvalue weighted by molar-refractivity contribution is -0.136. The number of nitrogens with zero attached hydrogens (tertiary/aromatic N) is 5. The van der Waals surface area contributed by atoms with Gasteiger partial charge in [-0.3, -0.25) is 9.20 Å². The van der Waals surface area contributed by atoms with Gasteiger partial charge in [-0.25, -0.2) is 9.48 Å². The van der Waals surface area contributed by atoms with E-state index in [0.29, 0.717) is 18.1 Å². The Bertz CT molecular complexity index is 769. The van der Waals surface area contributed by atoms with Gasteiger partial charge in [0.25, 0.3) is 0 Å². The Kier molecular flexibility index (Phi) is 5.53. The summed E-state index contributed by atoms with van der Waals surface area (Å²) in [5, 5.41) is 4.36. The molecule has 7 nitrogen and oxygen atoms in total. The predicted molar refractivity (Wildman–Crippen MR) is 96.5 cm³/mol. The van der Waals surface area contributed by atoms with Crippen molar-refractivity contribution in [3.05, 3.63) is 34.9 Å². The van der Waals surface area contributed by atoms with E-state index in [0.717, 1.165) is 45.6 Å². The number of pyridine rings is 1. The van der Waals surface area contributed by atoms with Crippen molar-refractivity contribution in [3.8, 4) is 0 Å².